The Bertz CT molecular complexity index is 408. The molecule has 21 heavy (non-hydrogen) atoms. The molecular formula is C19H31NO. The van der Waals surface area contributed by atoms with Crippen molar-refractivity contribution in [3.63, 3.8) is 0 Å². The average Bonchev–Trinajstić information content (AvgIpc) is 3.23. The lowest BCUT2D eigenvalue weighted by Gasteiger charge is -2.25. The minimum Gasteiger partial charge on any atom is -0.387 e. The molecule has 0 spiro atoms. The highest BCUT2D eigenvalue weighted by Crippen LogP contribution is 2.30. The summed E-state index contributed by atoms with van der Waals surface area (Å²) in [7, 11) is 0. The Hall–Kier alpha value is -0.860. The van der Waals surface area contributed by atoms with Crippen LogP contribution in [0.4, 0.5) is 0 Å². The van der Waals surface area contributed by atoms with Crippen LogP contribution in [0.1, 0.15) is 57.3 Å². The number of aliphatic hydroxyl groups is 1. The van der Waals surface area contributed by atoms with E-state index in [4.69, 9.17) is 0 Å². The van der Waals surface area contributed by atoms with Gasteiger partial charge in [-0.25, -0.2) is 0 Å². The smallest absolute Gasteiger partial charge is 0.0916 e. The maximum Gasteiger partial charge on any atom is 0.0916 e. The summed E-state index contributed by atoms with van der Waals surface area (Å²) in [5.74, 6) is 1.57. The molecule has 0 saturated heterocycles. The summed E-state index contributed by atoms with van der Waals surface area (Å²) >= 11 is 0. The highest BCUT2D eigenvalue weighted by Gasteiger charge is 2.25. The third kappa shape index (κ3) is 5.80. The van der Waals surface area contributed by atoms with Gasteiger partial charge < -0.3 is 10.0 Å². The van der Waals surface area contributed by atoms with Crippen molar-refractivity contribution in [3.8, 4) is 0 Å². The van der Waals surface area contributed by atoms with Gasteiger partial charge in [-0.3, -0.25) is 0 Å². The Labute approximate surface area is 130 Å². The largest absolute Gasteiger partial charge is 0.387 e. The number of rotatable bonds is 9. The number of hydrogen-bond donors (Lipinski definition) is 1. The molecule has 2 heteroatoms. The molecule has 0 aromatic heterocycles. The van der Waals surface area contributed by atoms with Crippen molar-refractivity contribution in [2.24, 2.45) is 11.8 Å². The molecule has 1 saturated carbocycles. The lowest BCUT2D eigenvalue weighted by Crippen LogP contribution is -2.31. The van der Waals surface area contributed by atoms with Gasteiger partial charge in [0.25, 0.3) is 0 Å². The maximum atomic E-state index is 10.5. The van der Waals surface area contributed by atoms with Crippen LogP contribution in [-0.2, 0) is 6.42 Å². The second-order valence-corrected chi connectivity index (χ2v) is 7.06. The summed E-state index contributed by atoms with van der Waals surface area (Å²) in [5, 5.41) is 10.5. The van der Waals surface area contributed by atoms with Crippen LogP contribution in [0.2, 0.25) is 0 Å². The zero-order valence-electron chi connectivity index (χ0n) is 13.9. The van der Waals surface area contributed by atoms with Crippen LogP contribution in [-0.4, -0.2) is 29.6 Å². The van der Waals surface area contributed by atoms with Gasteiger partial charge in [0, 0.05) is 13.1 Å². The molecule has 1 atom stereocenters. The molecule has 0 heterocycles. The van der Waals surface area contributed by atoms with E-state index < -0.39 is 0 Å². The molecule has 1 N–H and O–H groups in total. The Balaban J connectivity index is 1.89. The SMILES string of the molecule is CCCN(CC1CC1)CC(O)c1ccc(CC(C)C)cc1. The van der Waals surface area contributed by atoms with Crippen LogP contribution < -0.4 is 0 Å². The van der Waals surface area contributed by atoms with Gasteiger partial charge in [0.15, 0.2) is 0 Å². The second kappa shape index (κ2) is 7.95. The molecule has 1 aromatic carbocycles. The standard InChI is InChI=1S/C19H31NO/c1-4-11-20(13-17-5-6-17)14-19(21)18-9-7-16(8-10-18)12-15(2)3/h7-10,15,17,19,21H,4-6,11-14H2,1-3H3. The Kier molecular flexibility index (Phi) is 6.25. The van der Waals surface area contributed by atoms with E-state index in [0.29, 0.717) is 5.92 Å². The van der Waals surface area contributed by atoms with E-state index in [1.807, 2.05) is 0 Å². The first-order valence-electron chi connectivity index (χ1n) is 8.57. The summed E-state index contributed by atoms with van der Waals surface area (Å²) in [6.45, 7) is 9.72. The van der Waals surface area contributed by atoms with Gasteiger partial charge in [-0.05, 0) is 55.2 Å². The summed E-state index contributed by atoms with van der Waals surface area (Å²) in [6.07, 6.45) is 4.66. The van der Waals surface area contributed by atoms with Gasteiger partial charge in [-0.1, -0.05) is 45.0 Å². The molecule has 0 bridgehead atoms. The fourth-order valence-electron chi connectivity index (χ4n) is 2.94. The third-order valence-electron chi connectivity index (χ3n) is 4.19. The van der Waals surface area contributed by atoms with Crippen molar-refractivity contribution < 1.29 is 5.11 Å². The summed E-state index contributed by atoms with van der Waals surface area (Å²) in [5.41, 5.74) is 2.42. The molecule has 118 valence electrons. The molecule has 2 rings (SSSR count). The quantitative estimate of drug-likeness (QED) is 0.741. The summed E-state index contributed by atoms with van der Waals surface area (Å²) < 4.78 is 0. The minimum atomic E-state index is -0.358. The third-order valence-corrected chi connectivity index (χ3v) is 4.19. The fraction of sp³-hybridized carbons (Fsp3) is 0.684. The number of benzene rings is 1. The number of hydrogen-bond acceptors (Lipinski definition) is 2. The molecule has 0 amide bonds. The lowest BCUT2D eigenvalue weighted by molar-refractivity contribution is 0.110. The summed E-state index contributed by atoms with van der Waals surface area (Å²) in [4.78, 5) is 2.43. The van der Waals surface area contributed by atoms with Gasteiger partial charge in [0.1, 0.15) is 0 Å². The van der Waals surface area contributed by atoms with E-state index in [0.717, 1.165) is 44.0 Å². The predicted molar refractivity (Wildman–Crippen MR) is 89.4 cm³/mol. The second-order valence-electron chi connectivity index (χ2n) is 7.06. The first kappa shape index (κ1) is 16.5. The summed E-state index contributed by atoms with van der Waals surface area (Å²) in [6, 6.07) is 8.54. The van der Waals surface area contributed by atoms with E-state index >= 15 is 0 Å². The average molecular weight is 289 g/mol. The molecule has 0 radical (unpaired) electrons. The maximum absolute atomic E-state index is 10.5. The van der Waals surface area contributed by atoms with Crippen LogP contribution in [0, 0.1) is 11.8 Å². The normalized spacial score (nSPS) is 16.7. The molecular weight excluding hydrogens is 258 g/mol. The number of aliphatic hydroxyl groups excluding tert-OH is 1. The van der Waals surface area contributed by atoms with Crippen molar-refractivity contribution in [3.05, 3.63) is 35.4 Å². The topological polar surface area (TPSA) is 23.5 Å². The monoisotopic (exact) mass is 289 g/mol. The van der Waals surface area contributed by atoms with Crippen LogP contribution in [0.3, 0.4) is 0 Å². The lowest BCUT2D eigenvalue weighted by atomic mass is 10.00. The van der Waals surface area contributed by atoms with E-state index in [9.17, 15) is 5.11 Å². The van der Waals surface area contributed by atoms with Crippen LogP contribution >= 0.6 is 0 Å². The molecule has 2 nitrogen and oxygen atoms in total. The van der Waals surface area contributed by atoms with E-state index in [-0.39, 0.29) is 6.10 Å². The first-order chi connectivity index (χ1) is 10.1. The Morgan fingerprint density at radius 1 is 1.19 bits per heavy atom. The van der Waals surface area contributed by atoms with Crippen molar-refractivity contribution in [2.45, 2.75) is 52.6 Å². The Morgan fingerprint density at radius 2 is 1.86 bits per heavy atom. The zero-order chi connectivity index (χ0) is 15.2. The van der Waals surface area contributed by atoms with E-state index in [1.54, 1.807) is 0 Å². The van der Waals surface area contributed by atoms with Crippen LogP contribution in [0.15, 0.2) is 24.3 Å². The van der Waals surface area contributed by atoms with Crippen molar-refractivity contribution >= 4 is 0 Å². The minimum absolute atomic E-state index is 0.358. The molecule has 1 unspecified atom stereocenters. The molecule has 1 aliphatic carbocycles. The van der Waals surface area contributed by atoms with Crippen molar-refractivity contribution in [1.29, 1.82) is 0 Å². The molecule has 0 aliphatic heterocycles. The van der Waals surface area contributed by atoms with Crippen LogP contribution in [0.5, 0.6) is 0 Å². The number of nitrogens with zero attached hydrogens (tertiary/aromatic N) is 1. The van der Waals surface area contributed by atoms with Gasteiger partial charge in [-0.15, -0.1) is 0 Å². The van der Waals surface area contributed by atoms with Gasteiger partial charge in [-0.2, -0.15) is 0 Å². The molecule has 1 aromatic rings. The van der Waals surface area contributed by atoms with Crippen molar-refractivity contribution in [1.82, 2.24) is 4.90 Å². The zero-order valence-corrected chi connectivity index (χ0v) is 13.9. The van der Waals surface area contributed by atoms with Gasteiger partial charge in [0.05, 0.1) is 6.10 Å². The first-order valence-corrected chi connectivity index (χ1v) is 8.57. The van der Waals surface area contributed by atoms with E-state index in [2.05, 4.69) is 49.9 Å². The molecule has 1 fully saturated rings. The van der Waals surface area contributed by atoms with E-state index in [1.165, 1.54) is 18.4 Å². The highest BCUT2D eigenvalue weighted by molar-refractivity contribution is 5.24. The van der Waals surface area contributed by atoms with Gasteiger partial charge >= 0.3 is 0 Å². The Morgan fingerprint density at radius 3 is 2.38 bits per heavy atom. The van der Waals surface area contributed by atoms with Gasteiger partial charge in [0.2, 0.25) is 0 Å². The predicted octanol–water partition coefficient (Wildman–Crippen LogP) is 4.04. The highest BCUT2D eigenvalue weighted by atomic mass is 16.3. The van der Waals surface area contributed by atoms with Crippen LogP contribution in [0.25, 0.3) is 0 Å². The van der Waals surface area contributed by atoms with Crippen molar-refractivity contribution in [2.75, 3.05) is 19.6 Å². The fourth-order valence-corrected chi connectivity index (χ4v) is 2.94. The molecule has 1 aliphatic rings.